The molecule has 0 radical (unpaired) electrons. The van der Waals surface area contributed by atoms with Gasteiger partial charge in [-0.1, -0.05) is 6.08 Å². The molecule has 0 unspecified atom stereocenters. The fourth-order valence-corrected chi connectivity index (χ4v) is 0. The van der Waals surface area contributed by atoms with E-state index in [-0.39, 0.29) is 29.6 Å². The van der Waals surface area contributed by atoms with E-state index in [1.807, 2.05) is 6.92 Å². The van der Waals surface area contributed by atoms with Crippen molar-refractivity contribution < 1.29 is 0 Å². The van der Waals surface area contributed by atoms with Crippen molar-refractivity contribution in [1.82, 2.24) is 0 Å². The summed E-state index contributed by atoms with van der Waals surface area (Å²) in [4.78, 5) is 0. The van der Waals surface area contributed by atoms with Gasteiger partial charge in [-0.3, -0.25) is 0 Å². The molecule has 0 aromatic rings. The van der Waals surface area contributed by atoms with Crippen LogP contribution in [0.4, 0.5) is 0 Å². The number of nitrogens with two attached hydrogens (primary N) is 1. The first-order chi connectivity index (χ1) is 1.91. The second kappa shape index (κ2) is 8.82. The van der Waals surface area contributed by atoms with E-state index in [1.165, 1.54) is 6.20 Å². The molecule has 2 N–H and O–H groups in total. The monoisotopic (exact) mass is 81.1 g/mol. The van der Waals surface area contributed by atoms with Crippen molar-refractivity contribution in [2.75, 3.05) is 0 Å². The zero-order valence-electron chi connectivity index (χ0n) is 2.73. The van der Waals surface area contributed by atoms with Gasteiger partial charge in [0.1, 0.15) is 0 Å². The van der Waals surface area contributed by atoms with E-state index in [2.05, 4.69) is 0 Å². The molecule has 0 aliphatic rings. The summed E-state index contributed by atoms with van der Waals surface area (Å²) in [5.74, 6) is 0. The first-order valence-corrected chi connectivity index (χ1v) is 1.24. The van der Waals surface area contributed by atoms with Crippen LogP contribution in [0.25, 0.3) is 0 Å². The van der Waals surface area contributed by atoms with Crippen LogP contribution < -0.4 is 5.73 Å². The van der Waals surface area contributed by atoms with Crippen LogP contribution in [0, 0.1) is 0 Å². The average molecular weight is 81.1 g/mol. The molecule has 0 aliphatic carbocycles. The fourth-order valence-electron chi connectivity index (χ4n) is 0. The van der Waals surface area contributed by atoms with Crippen LogP contribution >= 0.6 is 0 Å². The SMILES string of the molecule is CC=CN.[NaH]. The van der Waals surface area contributed by atoms with Crippen molar-refractivity contribution in [3.63, 3.8) is 0 Å². The van der Waals surface area contributed by atoms with Crippen LogP contribution in [0.1, 0.15) is 6.92 Å². The average Bonchev–Trinajstić information content (AvgIpc) is 1.37. The molecule has 0 saturated heterocycles. The molecular formula is C3H8NNa. The summed E-state index contributed by atoms with van der Waals surface area (Å²) in [6.45, 7) is 1.88. The van der Waals surface area contributed by atoms with Gasteiger partial charge in [0.15, 0.2) is 0 Å². The molecule has 0 aromatic heterocycles. The van der Waals surface area contributed by atoms with Crippen LogP contribution in [0.5, 0.6) is 0 Å². The Labute approximate surface area is 54.5 Å². The summed E-state index contributed by atoms with van der Waals surface area (Å²) in [6, 6.07) is 0. The third-order valence-electron chi connectivity index (χ3n) is 0.192. The molecule has 0 bridgehead atoms. The van der Waals surface area contributed by atoms with Crippen LogP contribution in [0.3, 0.4) is 0 Å². The van der Waals surface area contributed by atoms with Gasteiger partial charge in [-0.25, -0.2) is 0 Å². The first-order valence-electron chi connectivity index (χ1n) is 1.24. The summed E-state index contributed by atoms with van der Waals surface area (Å²) < 4.78 is 0. The Morgan fingerprint density at radius 1 is 1.60 bits per heavy atom. The number of rotatable bonds is 0. The van der Waals surface area contributed by atoms with Crippen molar-refractivity contribution in [2.24, 2.45) is 5.73 Å². The maximum absolute atomic E-state index is 4.85. The van der Waals surface area contributed by atoms with Crippen molar-refractivity contribution in [1.29, 1.82) is 0 Å². The molecule has 0 aromatic carbocycles. The number of hydrogen-bond donors (Lipinski definition) is 1. The van der Waals surface area contributed by atoms with Gasteiger partial charge in [0.2, 0.25) is 0 Å². The molecule has 26 valence electrons. The molecule has 0 aliphatic heterocycles. The van der Waals surface area contributed by atoms with E-state index in [9.17, 15) is 0 Å². The van der Waals surface area contributed by atoms with Gasteiger partial charge in [0, 0.05) is 0 Å². The molecule has 2 heteroatoms. The zero-order valence-corrected chi connectivity index (χ0v) is 2.73. The van der Waals surface area contributed by atoms with Gasteiger partial charge in [-0.15, -0.1) is 0 Å². The summed E-state index contributed by atoms with van der Waals surface area (Å²) >= 11 is 0. The summed E-state index contributed by atoms with van der Waals surface area (Å²) in [5.41, 5.74) is 4.85. The van der Waals surface area contributed by atoms with Crippen LogP contribution in [-0.2, 0) is 0 Å². The zero-order chi connectivity index (χ0) is 3.41. The minimum atomic E-state index is 0. The minimum absolute atomic E-state index is 0. The number of hydrogen-bond acceptors (Lipinski definition) is 1. The van der Waals surface area contributed by atoms with Crippen molar-refractivity contribution in [3.8, 4) is 0 Å². The van der Waals surface area contributed by atoms with Gasteiger partial charge in [-0.2, -0.15) is 0 Å². The first kappa shape index (κ1) is 9.11. The predicted molar refractivity (Wildman–Crippen MR) is 26.2 cm³/mol. The van der Waals surface area contributed by atoms with Crippen LogP contribution in [-0.4, -0.2) is 29.6 Å². The van der Waals surface area contributed by atoms with Crippen molar-refractivity contribution in [3.05, 3.63) is 12.3 Å². The molecule has 0 spiro atoms. The molecule has 1 nitrogen and oxygen atoms in total. The van der Waals surface area contributed by atoms with Gasteiger partial charge < -0.3 is 5.73 Å². The number of allylic oxidation sites excluding steroid dienone is 1. The van der Waals surface area contributed by atoms with Crippen molar-refractivity contribution >= 4 is 29.6 Å². The fraction of sp³-hybridized carbons (Fsp3) is 0.333. The van der Waals surface area contributed by atoms with Gasteiger partial charge in [-0.05, 0) is 13.1 Å². The maximum atomic E-state index is 4.85. The van der Waals surface area contributed by atoms with Crippen LogP contribution in [0.15, 0.2) is 12.3 Å². The second-order valence-electron chi connectivity index (χ2n) is 0.526. The molecule has 0 fully saturated rings. The molecular weight excluding hydrogens is 73.0 g/mol. The molecule has 0 amide bonds. The van der Waals surface area contributed by atoms with Gasteiger partial charge >= 0.3 is 29.6 Å². The Hall–Kier alpha value is 0.540. The van der Waals surface area contributed by atoms with E-state index in [0.29, 0.717) is 0 Å². The van der Waals surface area contributed by atoms with Gasteiger partial charge in [0.05, 0.1) is 0 Å². The molecule has 0 saturated carbocycles. The van der Waals surface area contributed by atoms with E-state index in [1.54, 1.807) is 6.08 Å². The van der Waals surface area contributed by atoms with E-state index in [0.717, 1.165) is 0 Å². The summed E-state index contributed by atoms with van der Waals surface area (Å²) in [6.07, 6.45) is 3.28. The Bertz CT molecular complexity index is 22.1. The Kier molecular flexibility index (Phi) is 16.1. The van der Waals surface area contributed by atoms with E-state index < -0.39 is 0 Å². The molecule has 0 rings (SSSR count). The van der Waals surface area contributed by atoms with Crippen molar-refractivity contribution in [2.45, 2.75) is 6.92 Å². The van der Waals surface area contributed by atoms with E-state index >= 15 is 0 Å². The quantitative estimate of drug-likeness (QED) is 0.402. The predicted octanol–water partition coefficient (Wildman–Crippen LogP) is -0.170. The Morgan fingerprint density at radius 2 is 1.80 bits per heavy atom. The summed E-state index contributed by atoms with van der Waals surface area (Å²) in [5, 5.41) is 0. The standard InChI is InChI=1S/C3H7N.Na.H/c1-2-3-4;;/h2-3H,4H2,1H3;;. The summed E-state index contributed by atoms with van der Waals surface area (Å²) in [7, 11) is 0. The molecule has 0 heterocycles. The second-order valence-corrected chi connectivity index (χ2v) is 0.526. The topological polar surface area (TPSA) is 26.0 Å². The van der Waals surface area contributed by atoms with E-state index in [4.69, 9.17) is 5.73 Å². The van der Waals surface area contributed by atoms with Crippen LogP contribution in [0.2, 0.25) is 0 Å². The molecule has 0 atom stereocenters. The normalized spacial score (nSPS) is 7.40. The Balaban J connectivity index is 0. The third kappa shape index (κ3) is 12.4. The third-order valence-corrected chi connectivity index (χ3v) is 0.192. The van der Waals surface area contributed by atoms with Gasteiger partial charge in [0.25, 0.3) is 0 Å². The molecule has 5 heavy (non-hydrogen) atoms. The Morgan fingerprint density at radius 3 is 1.80 bits per heavy atom.